The van der Waals surface area contributed by atoms with E-state index in [-0.39, 0.29) is 0 Å². The van der Waals surface area contributed by atoms with Crippen molar-refractivity contribution in [1.82, 2.24) is 4.57 Å². The van der Waals surface area contributed by atoms with Crippen molar-refractivity contribution in [2.75, 3.05) is 6.61 Å². The maximum Gasteiger partial charge on any atom is 0.436 e. The van der Waals surface area contributed by atoms with Gasteiger partial charge in [-0.25, -0.2) is 4.79 Å². The number of rotatable bonds is 3. The molecule has 0 aliphatic heterocycles. The van der Waals surface area contributed by atoms with E-state index in [1.807, 2.05) is 46.5 Å². The molecular weight excluding hydrogens is 248 g/mol. The van der Waals surface area contributed by atoms with Crippen LogP contribution >= 0.6 is 11.3 Å². The molecule has 4 nitrogen and oxygen atoms in total. The summed E-state index contributed by atoms with van der Waals surface area (Å²) in [6, 6.07) is 10.0. The highest BCUT2D eigenvalue weighted by Crippen LogP contribution is 2.01. The van der Waals surface area contributed by atoms with Gasteiger partial charge in [0.05, 0.1) is 6.61 Å². The fourth-order valence-electron chi connectivity index (χ4n) is 1.52. The van der Waals surface area contributed by atoms with Crippen molar-refractivity contribution in [3.8, 4) is 0 Å². The Morgan fingerprint density at radius 1 is 1.39 bits per heavy atom. The Kier molecular flexibility index (Phi) is 4.30. The summed E-state index contributed by atoms with van der Waals surface area (Å²) < 4.78 is 6.74. The van der Waals surface area contributed by atoms with E-state index in [1.54, 1.807) is 6.92 Å². The van der Waals surface area contributed by atoms with Gasteiger partial charge in [-0.1, -0.05) is 30.3 Å². The molecule has 0 saturated heterocycles. The minimum absolute atomic E-state index is 0.340. The van der Waals surface area contributed by atoms with Gasteiger partial charge in [-0.2, -0.15) is 0 Å². The molecule has 1 amide bonds. The third-order valence-electron chi connectivity index (χ3n) is 2.31. The molecule has 18 heavy (non-hydrogen) atoms. The summed E-state index contributed by atoms with van der Waals surface area (Å²) in [4.78, 5) is 15.9. The molecule has 1 aromatic carbocycles. The summed E-state index contributed by atoms with van der Waals surface area (Å²) in [5, 5.41) is 1.90. The second-order valence-electron chi connectivity index (χ2n) is 3.61. The summed E-state index contributed by atoms with van der Waals surface area (Å²) in [7, 11) is 0. The van der Waals surface area contributed by atoms with E-state index >= 15 is 0 Å². The lowest BCUT2D eigenvalue weighted by Gasteiger charge is -2.02. The van der Waals surface area contributed by atoms with Gasteiger partial charge in [-0.05, 0) is 12.5 Å². The van der Waals surface area contributed by atoms with Crippen LogP contribution in [0, 0.1) is 0 Å². The average molecular weight is 262 g/mol. The van der Waals surface area contributed by atoms with Gasteiger partial charge in [0.25, 0.3) is 0 Å². The van der Waals surface area contributed by atoms with Crippen molar-refractivity contribution in [2.45, 2.75) is 13.5 Å². The highest BCUT2D eigenvalue weighted by molar-refractivity contribution is 7.07. The van der Waals surface area contributed by atoms with Crippen LogP contribution in [0.1, 0.15) is 12.5 Å². The first-order valence-electron chi connectivity index (χ1n) is 5.69. The fraction of sp³-hybridized carbons (Fsp3) is 0.231. The van der Waals surface area contributed by atoms with Crippen molar-refractivity contribution in [3.63, 3.8) is 0 Å². The van der Waals surface area contributed by atoms with Crippen molar-refractivity contribution < 1.29 is 9.53 Å². The van der Waals surface area contributed by atoms with Crippen molar-refractivity contribution in [1.29, 1.82) is 0 Å². The Hall–Kier alpha value is -1.88. The second-order valence-corrected chi connectivity index (χ2v) is 4.48. The summed E-state index contributed by atoms with van der Waals surface area (Å²) in [6.07, 6.45) is 1.37. The molecule has 1 aromatic heterocycles. The lowest BCUT2D eigenvalue weighted by molar-refractivity contribution is 0.162. The molecule has 0 saturated carbocycles. The van der Waals surface area contributed by atoms with Crippen LogP contribution in [0.5, 0.6) is 0 Å². The van der Waals surface area contributed by atoms with E-state index in [1.165, 1.54) is 16.9 Å². The zero-order valence-corrected chi connectivity index (χ0v) is 10.9. The van der Waals surface area contributed by atoms with Gasteiger partial charge in [0.15, 0.2) is 4.80 Å². The Balaban J connectivity index is 2.20. The van der Waals surface area contributed by atoms with E-state index < -0.39 is 6.09 Å². The van der Waals surface area contributed by atoms with Crippen molar-refractivity contribution in [3.05, 3.63) is 52.3 Å². The number of carbonyl (C=O) groups excluding carboxylic acids is 1. The summed E-state index contributed by atoms with van der Waals surface area (Å²) in [5.74, 6) is 0. The molecule has 5 heteroatoms. The molecule has 0 atom stereocenters. The lowest BCUT2D eigenvalue weighted by Crippen LogP contribution is -2.17. The summed E-state index contributed by atoms with van der Waals surface area (Å²) >= 11 is 1.42. The van der Waals surface area contributed by atoms with Crippen LogP contribution < -0.4 is 4.80 Å². The Morgan fingerprint density at radius 2 is 2.17 bits per heavy atom. The molecule has 2 aromatic rings. The van der Waals surface area contributed by atoms with Gasteiger partial charge in [-0.3, -0.25) is 0 Å². The Labute approximate surface area is 109 Å². The van der Waals surface area contributed by atoms with Gasteiger partial charge >= 0.3 is 6.09 Å². The normalized spacial score (nSPS) is 11.5. The van der Waals surface area contributed by atoms with Crippen LogP contribution in [0.3, 0.4) is 0 Å². The molecule has 0 bridgehead atoms. The predicted molar refractivity (Wildman–Crippen MR) is 70.4 cm³/mol. The van der Waals surface area contributed by atoms with E-state index in [0.717, 1.165) is 0 Å². The molecule has 0 aliphatic carbocycles. The highest BCUT2D eigenvalue weighted by Gasteiger charge is 2.01. The van der Waals surface area contributed by atoms with E-state index in [2.05, 4.69) is 4.99 Å². The second kappa shape index (κ2) is 6.16. The molecule has 0 radical (unpaired) electrons. The smallest absolute Gasteiger partial charge is 0.436 e. The lowest BCUT2D eigenvalue weighted by atomic mass is 10.2. The number of nitrogens with zero attached hydrogens (tertiary/aromatic N) is 2. The molecular formula is C13H14N2O2S. The topological polar surface area (TPSA) is 43.6 Å². The monoisotopic (exact) mass is 262 g/mol. The number of hydrogen-bond acceptors (Lipinski definition) is 3. The fourth-order valence-corrected chi connectivity index (χ4v) is 2.24. The summed E-state index contributed by atoms with van der Waals surface area (Å²) in [5.41, 5.74) is 1.17. The van der Waals surface area contributed by atoms with Crippen LogP contribution in [0.4, 0.5) is 4.79 Å². The first-order valence-corrected chi connectivity index (χ1v) is 6.57. The van der Waals surface area contributed by atoms with Gasteiger partial charge in [-0.15, -0.1) is 16.3 Å². The number of hydrogen-bond donors (Lipinski definition) is 0. The van der Waals surface area contributed by atoms with Gasteiger partial charge in [0.2, 0.25) is 0 Å². The molecule has 0 unspecified atom stereocenters. The van der Waals surface area contributed by atoms with E-state index in [9.17, 15) is 4.79 Å². The van der Waals surface area contributed by atoms with Crippen LogP contribution in [0.2, 0.25) is 0 Å². The van der Waals surface area contributed by atoms with Crippen LogP contribution in [-0.2, 0) is 11.3 Å². The number of aromatic nitrogens is 1. The first-order chi connectivity index (χ1) is 8.79. The van der Waals surface area contributed by atoms with Crippen LogP contribution in [-0.4, -0.2) is 17.3 Å². The van der Waals surface area contributed by atoms with Gasteiger partial charge in [0, 0.05) is 18.1 Å². The molecule has 2 rings (SSSR count). The summed E-state index contributed by atoms with van der Waals surface area (Å²) in [6.45, 7) is 2.80. The third-order valence-corrected chi connectivity index (χ3v) is 3.10. The van der Waals surface area contributed by atoms with Crippen molar-refractivity contribution in [2.24, 2.45) is 4.99 Å². The van der Waals surface area contributed by atoms with Crippen molar-refractivity contribution >= 4 is 17.4 Å². The molecule has 0 N–H and O–H groups in total. The molecule has 0 aliphatic rings. The van der Waals surface area contributed by atoms with E-state index in [0.29, 0.717) is 18.0 Å². The maximum atomic E-state index is 11.3. The predicted octanol–water partition coefficient (Wildman–Crippen LogP) is 2.66. The van der Waals surface area contributed by atoms with Crippen LogP contribution in [0.15, 0.2) is 46.9 Å². The number of benzene rings is 1. The van der Waals surface area contributed by atoms with Crippen LogP contribution in [0.25, 0.3) is 0 Å². The molecule has 1 heterocycles. The van der Waals surface area contributed by atoms with Gasteiger partial charge in [0.1, 0.15) is 0 Å². The number of amides is 1. The minimum Gasteiger partial charge on any atom is -0.448 e. The standard InChI is InChI=1S/C13H14N2O2S/c1-2-17-13(16)14-12-15(8-9-18-12)10-11-6-4-3-5-7-11/h3-9H,2,10H2,1H3/b14-12-. The third kappa shape index (κ3) is 3.30. The quantitative estimate of drug-likeness (QED) is 0.853. The molecule has 0 fully saturated rings. The van der Waals surface area contributed by atoms with Gasteiger partial charge < -0.3 is 9.30 Å². The zero-order chi connectivity index (χ0) is 12.8. The molecule has 94 valence electrons. The zero-order valence-electron chi connectivity index (χ0n) is 10.1. The maximum absolute atomic E-state index is 11.3. The highest BCUT2D eigenvalue weighted by atomic mass is 32.1. The number of carbonyl (C=O) groups is 1. The largest absolute Gasteiger partial charge is 0.448 e. The SMILES string of the molecule is CCOC(=O)/N=c1\sccn1Cc1ccccc1. The first kappa shape index (κ1) is 12.6. The molecule has 0 spiro atoms. The average Bonchev–Trinajstić information content (AvgIpc) is 2.78. The number of ether oxygens (including phenoxy) is 1. The number of thiazole rings is 1. The van der Waals surface area contributed by atoms with E-state index in [4.69, 9.17) is 4.74 Å². The Morgan fingerprint density at radius 3 is 2.89 bits per heavy atom. The Bertz CT molecular complexity index is 572. The minimum atomic E-state index is -0.540.